The summed E-state index contributed by atoms with van der Waals surface area (Å²) in [6.45, 7) is 6.72. The van der Waals surface area contributed by atoms with Crippen LogP contribution in [0, 0.1) is 5.41 Å². The lowest BCUT2D eigenvalue weighted by atomic mass is 9.97. The Morgan fingerprint density at radius 2 is 2.06 bits per heavy atom. The Balaban J connectivity index is 2.70. The number of hydrogen-bond donors (Lipinski definition) is 1. The average Bonchev–Trinajstić information content (AvgIpc) is 2.17. The van der Waals surface area contributed by atoms with Crippen molar-refractivity contribution >= 4 is 29.1 Å². The van der Waals surface area contributed by atoms with Crippen LogP contribution >= 0.6 is 23.2 Å². The van der Waals surface area contributed by atoms with Crippen molar-refractivity contribution in [3.05, 3.63) is 28.0 Å². The first-order valence-electron chi connectivity index (χ1n) is 4.89. The van der Waals surface area contributed by atoms with Gasteiger partial charge in [-0.1, -0.05) is 44.0 Å². The number of nitrogens with zero attached hydrogens (tertiary/aromatic N) is 1. The maximum absolute atomic E-state index is 11.7. The van der Waals surface area contributed by atoms with Crippen molar-refractivity contribution in [1.29, 1.82) is 0 Å². The maximum atomic E-state index is 11.7. The summed E-state index contributed by atoms with van der Waals surface area (Å²) < 4.78 is 0. The second-order valence-electron chi connectivity index (χ2n) is 4.74. The van der Waals surface area contributed by atoms with Gasteiger partial charge in [-0.25, -0.2) is 4.98 Å². The molecule has 0 unspecified atom stereocenters. The van der Waals surface area contributed by atoms with Gasteiger partial charge in [0.05, 0.1) is 10.6 Å². The van der Waals surface area contributed by atoms with Gasteiger partial charge in [-0.15, -0.1) is 0 Å². The van der Waals surface area contributed by atoms with Crippen molar-refractivity contribution in [1.82, 2.24) is 10.3 Å². The molecule has 0 aliphatic heterocycles. The number of rotatable bonds is 2. The fraction of sp³-hybridized carbons (Fsp3) is 0.455. The highest BCUT2D eigenvalue weighted by molar-refractivity contribution is 6.41. The standard InChI is InChI=1S/C11H14Cl2N2O/c1-11(2,3)6-15-10(16)7-4-8(12)9(13)14-5-7/h4-5H,6H2,1-3H3,(H,15,16). The fourth-order valence-corrected chi connectivity index (χ4v) is 1.26. The zero-order valence-corrected chi connectivity index (χ0v) is 11.0. The molecule has 3 nitrogen and oxygen atoms in total. The largest absolute Gasteiger partial charge is 0.351 e. The third-order valence-electron chi connectivity index (χ3n) is 1.84. The number of amides is 1. The van der Waals surface area contributed by atoms with Gasteiger partial charge in [0.1, 0.15) is 5.15 Å². The normalized spacial score (nSPS) is 11.3. The summed E-state index contributed by atoms with van der Waals surface area (Å²) in [4.78, 5) is 15.5. The van der Waals surface area contributed by atoms with Crippen molar-refractivity contribution in [2.24, 2.45) is 5.41 Å². The zero-order valence-electron chi connectivity index (χ0n) is 9.47. The second kappa shape index (κ2) is 5.02. The summed E-state index contributed by atoms with van der Waals surface area (Å²) in [5.41, 5.74) is 0.456. The van der Waals surface area contributed by atoms with Gasteiger partial charge in [0, 0.05) is 12.7 Å². The molecule has 1 N–H and O–H groups in total. The highest BCUT2D eigenvalue weighted by Crippen LogP contribution is 2.19. The van der Waals surface area contributed by atoms with E-state index in [9.17, 15) is 4.79 Å². The molecule has 1 amide bonds. The Labute approximate surface area is 105 Å². The predicted molar refractivity (Wildman–Crippen MR) is 66.0 cm³/mol. The Morgan fingerprint density at radius 3 is 2.56 bits per heavy atom. The lowest BCUT2D eigenvalue weighted by molar-refractivity contribution is 0.0939. The number of aromatic nitrogens is 1. The van der Waals surface area contributed by atoms with Crippen LogP contribution in [0.1, 0.15) is 31.1 Å². The number of pyridine rings is 1. The summed E-state index contributed by atoms with van der Waals surface area (Å²) in [7, 11) is 0. The SMILES string of the molecule is CC(C)(C)CNC(=O)c1cnc(Cl)c(Cl)c1. The number of hydrogen-bond acceptors (Lipinski definition) is 2. The summed E-state index contributed by atoms with van der Waals surface area (Å²) in [6, 6.07) is 1.51. The van der Waals surface area contributed by atoms with E-state index in [2.05, 4.69) is 10.3 Å². The minimum atomic E-state index is -0.194. The lowest BCUT2D eigenvalue weighted by Crippen LogP contribution is -2.32. The number of carbonyl (C=O) groups is 1. The molecule has 1 rings (SSSR count). The van der Waals surface area contributed by atoms with Crippen LogP contribution in [-0.2, 0) is 0 Å². The summed E-state index contributed by atoms with van der Waals surface area (Å²) in [6.07, 6.45) is 1.41. The molecule has 0 atom stereocenters. The Morgan fingerprint density at radius 1 is 1.44 bits per heavy atom. The maximum Gasteiger partial charge on any atom is 0.252 e. The highest BCUT2D eigenvalue weighted by Gasteiger charge is 2.14. The van der Waals surface area contributed by atoms with Gasteiger partial charge in [0.15, 0.2) is 0 Å². The molecule has 0 fully saturated rings. The molecule has 1 aromatic heterocycles. The van der Waals surface area contributed by atoms with E-state index < -0.39 is 0 Å². The molecule has 0 saturated carbocycles. The van der Waals surface area contributed by atoms with Crippen molar-refractivity contribution in [2.45, 2.75) is 20.8 Å². The molecule has 1 heterocycles. The Hall–Kier alpha value is -0.800. The molecular weight excluding hydrogens is 247 g/mol. The molecule has 0 bridgehead atoms. The van der Waals surface area contributed by atoms with E-state index in [0.29, 0.717) is 12.1 Å². The molecule has 88 valence electrons. The van der Waals surface area contributed by atoms with E-state index in [0.717, 1.165) is 0 Å². The predicted octanol–water partition coefficient (Wildman–Crippen LogP) is 3.16. The van der Waals surface area contributed by atoms with Crippen LogP contribution in [0.4, 0.5) is 0 Å². The van der Waals surface area contributed by atoms with Crippen molar-refractivity contribution in [2.75, 3.05) is 6.54 Å². The third kappa shape index (κ3) is 3.99. The Kier molecular flexibility index (Phi) is 4.16. The highest BCUT2D eigenvalue weighted by atomic mass is 35.5. The van der Waals surface area contributed by atoms with Crippen molar-refractivity contribution < 1.29 is 4.79 Å². The van der Waals surface area contributed by atoms with E-state index in [1.54, 1.807) is 0 Å². The van der Waals surface area contributed by atoms with E-state index in [1.165, 1.54) is 12.3 Å². The smallest absolute Gasteiger partial charge is 0.252 e. The molecule has 1 aromatic rings. The van der Waals surface area contributed by atoms with Gasteiger partial charge in [0.25, 0.3) is 5.91 Å². The van der Waals surface area contributed by atoms with Crippen LogP contribution < -0.4 is 5.32 Å². The molecule has 5 heteroatoms. The summed E-state index contributed by atoms with van der Waals surface area (Å²) >= 11 is 11.4. The summed E-state index contributed by atoms with van der Waals surface area (Å²) in [5, 5.41) is 3.29. The van der Waals surface area contributed by atoms with E-state index in [-0.39, 0.29) is 21.5 Å². The molecule has 0 spiro atoms. The topological polar surface area (TPSA) is 42.0 Å². The van der Waals surface area contributed by atoms with Crippen LogP contribution in [0.2, 0.25) is 10.2 Å². The monoisotopic (exact) mass is 260 g/mol. The molecule has 0 radical (unpaired) electrons. The molecule has 0 aromatic carbocycles. The quantitative estimate of drug-likeness (QED) is 0.831. The van der Waals surface area contributed by atoms with Gasteiger partial charge < -0.3 is 5.32 Å². The average molecular weight is 261 g/mol. The first-order chi connectivity index (χ1) is 7.29. The fourth-order valence-electron chi connectivity index (χ4n) is 0.993. The van der Waals surface area contributed by atoms with Gasteiger partial charge in [-0.2, -0.15) is 0 Å². The van der Waals surface area contributed by atoms with E-state index >= 15 is 0 Å². The van der Waals surface area contributed by atoms with Gasteiger partial charge in [-0.3, -0.25) is 4.79 Å². The first kappa shape index (κ1) is 13.3. The summed E-state index contributed by atoms with van der Waals surface area (Å²) in [5.74, 6) is -0.194. The van der Waals surface area contributed by atoms with Crippen molar-refractivity contribution in [3.8, 4) is 0 Å². The number of halogens is 2. The van der Waals surface area contributed by atoms with Crippen molar-refractivity contribution in [3.63, 3.8) is 0 Å². The molecule has 0 aliphatic rings. The van der Waals surface area contributed by atoms with Crippen LogP contribution in [-0.4, -0.2) is 17.4 Å². The van der Waals surface area contributed by atoms with Crippen LogP contribution in [0.15, 0.2) is 12.3 Å². The van der Waals surface area contributed by atoms with Crippen LogP contribution in [0.25, 0.3) is 0 Å². The van der Waals surface area contributed by atoms with Gasteiger partial charge in [0.2, 0.25) is 0 Å². The third-order valence-corrected chi connectivity index (χ3v) is 2.52. The molecular formula is C11H14Cl2N2O. The first-order valence-corrected chi connectivity index (χ1v) is 5.64. The second-order valence-corrected chi connectivity index (χ2v) is 5.51. The number of carbonyl (C=O) groups excluding carboxylic acids is 1. The minimum absolute atomic E-state index is 0.0410. The van der Waals surface area contributed by atoms with E-state index in [4.69, 9.17) is 23.2 Å². The molecule has 16 heavy (non-hydrogen) atoms. The molecule has 0 aliphatic carbocycles. The van der Waals surface area contributed by atoms with Gasteiger partial charge in [-0.05, 0) is 11.5 Å². The van der Waals surface area contributed by atoms with Crippen LogP contribution in [0.3, 0.4) is 0 Å². The molecule has 0 saturated heterocycles. The Bertz CT molecular complexity index is 399. The van der Waals surface area contributed by atoms with E-state index in [1.807, 2.05) is 20.8 Å². The van der Waals surface area contributed by atoms with Crippen LogP contribution in [0.5, 0.6) is 0 Å². The zero-order chi connectivity index (χ0) is 12.3. The minimum Gasteiger partial charge on any atom is -0.351 e. The lowest BCUT2D eigenvalue weighted by Gasteiger charge is -2.18. The van der Waals surface area contributed by atoms with Gasteiger partial charge >= 0.3 is 0 Å². The number of nitrogens with one attached hydrogen (secondary N) is 1.